The molecule has 1 N–H and O–H groups in total. The van der Waals surface area contributed by atoms with Gasteiger partial charge in [-0.15, -0.1) is 28.1 Å². The van der Waals surface area contributed by atoms with Gasteiger partial charge in [-0.1, -0.05) is 42.1 Å². The maximum absolute atomic E-state index is 12.9. The average molecular weight is 491 g/mol. The van der Waals surface area contributed by atoms with E-state index in [1.807, 2.05) is 40.8 Å². The van der Waals surface area contributed by atoms with Crippen LogP contribution in [0.25, 0.3) is 26.9 Å². The summed E-state index contributed by atoms with van der Waals surface area (Å²) in [5.74, 6) is 0.564. The molecule has 0 spiro atoms. The number of fused-ring (bicyclic) bond motifs is 4. The number of aryl methyl sites for hydroxylation is 1. The summed E-state index contributed by atoms with van der Waals surface area (Å²) in [5.41, 5.74) is 1.60. The molecule has 0 aliphatic rings. The van der Waals surface area contributed by atoms with Crippen LogP contribution in [0.15, 0.2) is 71.1 Å². The number of carbonyl (C=O) groups is 1. The highest BCUT2D eigenvalue weighted by Crippen LogP contribution is 2.23. The maximum Gasteiger partial charge on any atom is 0.263 e. The Morgan fingerprint density at radius 1 is 1.15 bits per heavy atom. The number of thioether (sulfide) groups is 1. The molecule has 5 rings (SSSR count). The fourth-order valence-electron chi connectivity index (χ4n) is 3.80. The second-order valence-electron chi connectivity index (χ2n) is 7.66. The van der Waals surface area contributed by atoms with E-state index < -0.39 is 0 Å². The SMILES string of the molecule is C=CCn1c(=O)c2ccccc2n2c(SCC(=O)NCCCc3nc4ccccc4s3)nnc12. The molecule has 3 aromatic heterocycles. The predicted molar refractivity (Wildman–Crippen MR) is 137 cm³/mol. The van der Waals surface area contributed by atoms with E-state index in [-0.39, 0.29) is 17.2 Å². The van der Waals surface area contributed by atoms with Gasteiger partial charge in [0, 0.05) is 19.5 Å². The number of aromatic nitrogens is 5. The van der Waals surface area contributed by atoms with Crippen molar-refractivity contribution in [3.05, 3.63) is 76.5 Å². The van der Waals surface area contributed by atoms with Gasteiger partial charge in [0.15, 0.2) is 5.16 Å². The van der Waals surface area contributed by atoms with Crippen LogP contribution in [0.1, 0.15) is 11.4 Å². The summed E-state index contributed by atoms with van der Waals surface area (Å²) in [5, 5.41) is 13.7. The molecule has 0 fully saturated rings. The molecule has 172 valence electrons. The first-order chi connectivity index (χ1) is 16.7. The summed E-state index contributed by atoms with van der Waals surface area (Å²) in [4.78, 5) is 29.9. The third-order valence-corrected chi connectivity index (χ3v) is 7.38. The lowest BCUT2D eigenvalue weighted by molar-refractivity contribution is -0.118. The third kappa shape index (κ3) is 4.34. The number of thiazole rings is 1. The Morgan fingerprint density at radius 3 is 2.82 bits per heavy atom. The van der Waals surface area contributed by atoms with E-state index in [1.54, 1.807) is 23.5 Å². The number of nitrogens with one attached hydrogen (secondary N) is 1. The molecule has 5 aromatic rings. The zero-order chi connectivity index (χ0) is 23.5. The molecule has 34 heavy (non-hydrogen) atoms. The van der Waals surface area contributed by atoms with E-state index in [4.69, 9.17) is 0 Å². The molecule has 0 aliphatic heterocycles. The fraction of sp³-hybridized carbons (Fsp3) is 0.208. The lowest BCUT2D eigenvalue weighted by atomic mass is 10.2. The van der Waals surface area contributed by atoms with Crippen molar-refractivity contribution in [3.63, 3.8) is 0 Å². The molecule has 0 aliphatic carbocycles. The van der Waals surface area contributed by atoms with Gasteiger partial charge in [0.25, 0.3) is 5.56 Å². The quantitative estimate of drug-likeness (QED) is 0.192. The molecule has 0 radical (unpaired) electrons. The van der Waals surface area contributed by atoms with Crippen molar-refractivity contribution < 1.29 is 4.79 Å². The lowest BCUT2D eigenvalue weighted by Crippen LogP contribution is -2.26. The molecule has 0 bridgehead atoms. The van der Waals surface area contributed by atoms with Crippen LogP contribution in [0.3, 0.4) is 0 Å². The molecule has 0 unspecified atom stereocenters. The van der Waals surface area contributed by atoms with Gasteiger partial charge in [0.2, 0.25) is 11.7 Å². The minimum Gasteiger partial charge on any atom is -0.355 e. The Bertz CT molecular complexity index is 1540. The van der Waals surface area contributed by atoms with Crippen LogP contribution in [0, 0.1) is 0 Å². The largest absolute Gasteiger partial charge is 0.355 e. The zero-order valence-corrected chi connectivity index (χ0v) is 19.9. The molecule has 0 saturated carbocycles. The van der Waals surface area contributed by atoms with Gasteiger partial charge in [-0.25, -0.2) is 4.98 Å². The monoisotopic (exact) mass is 490 g/mol. The van der Waals surface area contributed by atoms with Gasteiger partial charge in [-0.05, 0) is 30.7 Å². The Hall–Kier alpha value is -3.50. The molecular formula is C24H22N6O2S2. The highest BCUT2D eigenvalue weighted by molar-refractivity contribution is 7.99. The van der Waals surface area contributed by atoms with Crippen molar-refractivity contribution in [2.75, 3.05) is 12.3 Å². The number of nitrogens with zero attached hydrogens (tertiary/aromatic N) is 5. The normalized spacial score (nSPS) is 11.4. The number of carbonyl (C=O) groups excluding carboxylic acids is 1. The highest BCUT2D eigenvalue weighted by Gasteiger charge is 2.17. The van der Waals surface area contributed by atoms with Gasteiger partial charge < -0.3 is 5.32 Å². The van der Waals surface area contributed by atoms with Crippen molar-refractivity contribution in [2.45, 2.75) is 24.5 Å². The summed E-state index contributed by atoms with van der Waals surface area (Å²) in [6, 6.07) is 15.4. The highest BCUT2D eigenvalue weighted by atomic mass is 32.2. The second kappa shape index (κ2) is 9.78. The van der Waals surface area contributed by atoms with Crippen LogP contribution in [0.5, 0.6) is 0 Å². The van der Waals surface area contributed by atoms with Gasteiger partial charge in [0.1, 0.15) is 0 Å². The Morgan fingerprint density at radius 2 is 1.97 bits per heavy atom. The summed E-state index contributed by atoms with van der Waals surface area (Å²) >= 11 is 2.99. The van der Waals surface area contributed by atoms with Gasteiger partial charge >= 0.3 is 0 Å². The first-order valence-electron chi connectivity index (χ1n) is 10.9. The first-order valence-corrected chi connectivity index (χ1v) is 12.7. The summed E-state index contributed by atoms with van der Waals surface area (Å²) in [6.45, 7) is 4.64. The number of rotatable bonds is 9. The first kappa shape index (κ1) is 22.3. The Kier molecular flexibility index (Phi) is 6.41. The summed E-state index contributed by atoms with van der Waals surface area (Å²) in [6.07, 6.45) is 3.30. The number of hydrogen-bond donors (Lipinski definition) is 1. The molecule has 0 saturated heterocycles. The fourth-order valence-corrected chi connectivity index (χ4v) is 5.58. The summed E-state index contributed by atoms with van der Waals surface area (Å²) < 4.78 is 4.55. The number of amides is 1. The minimum atomic E-state index is -0.141. The molecule has 1 amide bonds. The van der Waals surface area contributed by atoms with Crippen molar-refractivity contribution >= 4 is 55.9 Å². The maximum atomic E-state index is 12.9. The predicted octanol–water partition coefficient (Wildman–Crippen LogP) is 3.68. The standard InChI is InChI=1S/C24H22N6O2S2/c1-2-14-29-22(32)16-8-3-5-10-18(16)30-23(29)27-28-24(30)33-15-20(31)25-13-7-12-21-26-17-9-4-6-11-19(17)34-21/h2-6,8-11H,1,7,12-15H2,(H,25,31). The van der Waals surface area contributed by atoms with E-state index in [9.17, 15) is 9.59 Å². The van der Waals surface area contributed by atoms with Crippen LogP contribution < -0.4 is 10.9 Å². The third-order valence-electron chi connectivity index (χ3n) is 5.35. The number of benzene rings is 2. The van der Waals surface area contributed by atoms with Crippen LogP contribution >= 0.6 is 23.1 Å². The van der Waals surface area contributed by atoms with Crippen LogP contribution in [-0.2, 0) is 17.8 Å². The minimum absolute atomic E-state index is 0.0743. The van der Waals surface area contributed by atoms with E-state index in [0.717, 1.165) is 23.4 Å². The topological polar surface area (TPSA) is 94.2 Å². The Balaban J connectivity index is 1.23. The van der Waals surface area contributed by atoms with E-state index in [1.165, 1.54) is 21.0 Å². The van der Waals surface area contributed by atoms with Crippen LogP contribution in [0.2, 0.25) is 0 Å². The van der Waals surface area contributed by atoms with Gasteiger partial charge in [0.05, 0.1) is 31.9 Å². The van der Waals surface area contributed by atoms with Crippen molar-refractivity contribution in [1.29, 1.82) is 0 Å². The molecule has 2 aromatic carbocycles. The van der Waals surface area contributed by atoms with E-state index in [0.29, 0.717) is 34.9 Å². The van der Waals surface area contributed by atoms with Crippen LogP contribution in [-0.4, -0.2) is 42.4 Å². The molecule has 0 atom stereocenters. The zero-order valence-electron chi connectivity index (χ0n) is 18.3. The lowest BCUT2D eigenvalue weighted by Gasteiger charge is -2.09. The molecule has 8 nitrogen and oxygen atoms in total. The number of allylic oxidation sites excluding steroid dienone is 1. The smallest absolute Gasteiger partial charge is 0.263 e. The van der Waals surface area contributed by atoms with Gasteiger partial charge in [-0.2, -0.15) is 0 Å². The van der Waals surface area contributed by atoms with E-state index in [2.05, 4.69) is 33.1 Å². The number of hydrogen-bond acceptors (Lipinski definition) is 7. The molecule has 3 heterocycles. The number of para-hydroxylation sites is 2. The van der Waals surface area contributed by atoms with Crippen molar-refractivity contribution in [1.82, 2.24) is 29.5 Å². The second-order valence-corrected chi connectivity index (χ2v) is 9.71. The molecular weight excluding hydrogens is 468 g/mol. The van der Waals surface area contributed by atoms with Crippen molar-refractivity contribution in [2.24, 2.45) is 0 Å². The summed E-state index contributed by atoms with van der Waals surface area (Å²) in [7, 11) is 0. The van der Waals surface area contributed by atoms with Crippen LogP contribution in [0.4, 0.5) is 0 Å². The Labute approximate surface area is 203 Å². The molecule has 10 heteroatoms. The van der Waals surface area contributed by atoms with E-state index >= 15 is 0 Å². The van der Waals surface area contributed by atoms with Crippen molar-refractivity contribution in [3.8, 4) is 0 Å². The van der Waals surface area contributed by atoms with Gasteiger partial charge in [-0.3, -0.25) is 18.6 Å². The average Bonchev–Trinajstić information content (AvgIpc) is 3.47.